The van der Waals surface area contributed by atoms with E-state index in [0.717, 1.165) is 34.4 Å². The number of fused-ring (bicyclic) bond motifs is 1. The van der Waals surface area contributed by atoms with E-state index in [4.69, 9.17) is 28.7 Å². The highest BCUT2D eigenvalue weighted by molar-refractivity contribution is 9.10. The predicted octanol–water partition coefficient (Wildman–Crippen LogP) is 11.8. The number of hydrogen-bond acceptors (Lipinski definition) is 8. The van der Waals surface area contributed by atoms with Crippen molar-refractivity contribution in [1.82, 2.24) is 9.38 Å². The molecule has 2 atom stereocenters. The van der Waals surface area contributed by atoms with Crippen molar-refractivity contribution >= 4 is 33.4 Å². The van der Waals surface area contributed by atoms with Crippen molar-refractivity contribution in [2.45, 2.75) is 97.9 Å². The van der Waals surface area contributed by atoms with Crippen molar-refractivity contribution in [2.75, 3.05) is 37.8 Å². The van der Waals surface area contributed by atoms with Crippen LogP contribution in [0.15, 0.2) is 102 Å². The largest absolute Gasteiger partial charge is 0.488 e. The molecule has 0 radical (unpaired) electrons. The number of carboxylic acids is 1. The highest BCUT2D eigenvalue weighted by Crippen LogP contribution is 2.44. The third-order valence-electron chi connectivity index (χ3n) is 11.8. The van der Waals surface area contributed by atoms with E-state index >= 15 is 0 Å². The Balaban J connectivity index is 1.17. The monoisotopic (exact) mass is 953 g/mol. The minimum Gasteiger partial charge on any atom is -0.488 e. The van der Waals surface area contributed by atoms with Crippen LogP contribution in [0.2, 0.25) is 0 Å². The molecule has 0 saturated carbocycles. The third-order valence-corrected chi connectivity index (χ3v) is 12.5. The number of aromatic nitrogens is 2. The van der Waals surface area contributed by atoms with E-state index in [-0.39, 0.29) is 18.5 Å². The summed E-state index contributed by atoms with van der Waals surface area (Å²) in [6, 6.07) is 29.2. The van der Waals surface area contributed by atoms with Gasteiger partial charge in [-0.25, -0.2) is 18.6 Å². The van der Waals surface area contributed by atoms with Crippen LogP contribution in [0.5, 0.6) is 5.75 Å². The van der Waals surface area contributed by atoms with Gasteiger partial charge in [-0.3, -0.25) is 4.40 Å². The van der Waals surface area contributed by atoms with Crippen LogP contribution in [0.4, 0.5) is 14.6 Å². The average molecular weight is 955 g/mol. The normalized spacial score (nSPS) is 15.0. The van der Waals surface area contributed by atoms with Crippen molar-refractivity contribution in [2.24, 2.45) is 0 Å². The van der Waals surface area contributed by atoms with Crippen molar-refractivity contribution < 1.29 is 42.4 Å². The standard InChI is InChI=1S/C52H58BrF2N3O7/c1-33(62-31-36-15-10-8-11-16-36)30-61-25-26-64-52(7)21-23-57(24-22-52)49-44(46(50(59)60)65-51(4,5)6)34(2)35(3)48-56-45(47(53)58(48)49)39-20-14-19-38(27-39)40-28-41(54)42(55)29-43(40)63-32-37-17-12-9-13-18-37/h8-20,27-29,33,46H,21-26,30-32H2,1-7H3,(H,59,60)/t33-,46+/m1/s1. The second-order valence-corrected chi connectivity index (χ2v) is 18.7. The number of aliphatic carboxylic acids is 1. The summed E-state index contributed by atoms with van der Waals surface area (Å²) in [7, 11) is 0. The van der Waals surface area contributed by atoms with Gasteiger partial charge in [0.2, 0.25) is 0 Å². The van der Waals surface area contributed by atoms with Crippen molar-refractivity contribution in [3.05, 3.63) is 141 Å². The van der Waals surface area contributed by atoms with Gasteiger partial charge in [0.15, 0.2) is 17.7 Å². The lowest BCUT2D eigenvalue weighted by Crippen LogP contribution is -2.46. The Hall–Kier alpha value is -5.18. The van der Waals surface area contributed by atoms with Gasteiger partial charge in [-0.05, 0) is 117 Å². The number of imidazole rings is 1. The molecular weight excluding hydrogens is 896 g/mol. The average Bonchev–Trinajstić information content (AvgIpc) is 3.63. The van der Waals surface area contributed by atoms with E-state index in [2.05, 4.69) is 27.8 Å². The van der Waals surface area contributed by atoms with Crippen molar-refractivity contribution in [1.29, 1.82) is 0 Å². The van der Waals surface area contributed by atoms with Crippen LogP contribution < -0.4 is 9.64 Å². The molecule has 344 valence electrons. The topological polar surface area (TPSA) is 104 Å². The van der Waals surface area contributed by atoms with Gasteiger partial charge < -0.3 is 33.7 Å². The number of carboxylic acid groups (broad SMARTS) is 1. The van der Waals surface area contributed by atoms with Gasteiger partial charge in [-0.2, -0.15) is 0 Å². The minimum absolute atomic E-state index is 0.0705. The Morgan fingerprint density at radius 1 is 0.862 bits per heavy atom. The molecule has 3 heterocycles. The number of hydrogen-bond donors (Lipinski definition) is 1. The molecule has 7 rings (SSSR count). The molecule has 2 aromatic heterocycles. The van der Waals surface area contributed by atoms with Gasteiger partial charge in [0.25, 0.3) is 0 Å². The summed E-state index contributed by atoms with van der Waals surface area (Å²) in [5, 5.41) is 10.8. The van der Waals surface area contributed by atoms with E-state index in [1.807, 2.05) is 131 Å². The zero-order valence-corrected chi connectivity index (χ0v) is 39.7. The summed E-state index contributed by atoms with van der Waals surface area (Å²) in [5.74, 6) is -2.25. The van der Waals surface area contributed by atoms with Gasteiger partial charge in [-0.15, -0.1) is 0 Å². The molecule has 1 N–H and O–H groups in total. The van der Waals surface area contributed by atoms with Crippen molar-refractivity contribution in [3.63, 3.8) is 0 Å². The van der Waals surface area contributed by atoms with Gasteiger partial charge in [0.1, 0.15) is 34.1 Å². The molecule has 0 amide bonds. The van der Waals surface area contributed by atoms with E-state index in [0.29, 0.717) is 96.4 Å². The number of piperidine rings is 1. The summed E-state index contributed by atoms with van der Waals surface area (Å²) < 4.78 is 63.0. The van der Waals surface area contributed by atoms with Crippen LogP contribution in [0.3, 0.4) is 0 Å². The Kier molecular flexibility index (Phi) is 15.1. The molecule has 1 saturated heterocycles. The van der Waals surface area contributed by atoms with Gasteiger partial charge >= 0.3 is 5.97 Å². The molecule has 1 aliphatic rings. The fraction of sp³-hybridized carbons (Fsp3) is 0.385. The van der Waals surface area contributed by atoms with Crippen molar-refractivity contribution in [3.8, 4) is 28.1 Å². The molecule has 1 fully saturated rings. The van der Waals surface area contributed by atoms with Gasteiger partial charge in [-0.1, -0.05) is 78.9 Å². The molecule has 1 aliphatic heterocycles. The number of ether oxygens (including phenoxy) is 5. The quantitative estimate of drug-likeness (QED) is 0.0844. The Morgan fingerprint density at radius 2 is 1.49 bits per heavy atom. The molecule has 0 aliphatic carbocycles. The van der Waals surface area contributed by atoms with Crippen LogP contribution in [0, 0.1) is 25.5 Å². The highest BCUT2D eigenvalue weighted by Gasteiger charge is 2.38. The maximum absolute atomic E-state index is 14.9. The molecule has 10 nitrogen and oxygen atoms in total. The van der Waals surface area contributed by atoms with Crippen LogP contribution in [-0.2, 0) is 37.0 Å². The smallest absolute Gasteiger partial charge is 0.337 e. The van der Waals surface area contributed by atoms with Crippen LogP contribution in [0.1, 0.15) is 81.4 Å². The summed E-state index contributed by atoms with van der Waals surface area (Å²) in [6.45, 7) is 16.6. The van der Waals surface area contributed by atoms with Crippen LogP contribution >= 0.6 is 15.9 Å². The number of benzene rings is 4. The van der Waals surface area contributed by atoms with E-state index in [1.165, 1.54) is 0 Å². The molecule has 6 aromatic rings. The lowest BCUT2D eigenvalue weighted by Gasteiger charge is -2.42. The Morgan fingerprint density at radius 3 is 2.14 bits per heavy atom. The van der Waals surface area contributed by atoms with E-state index in [1.54, 1.807) is 0 Å². The highest BCUT2D eigenvalue weighted by atomic mass is 79.9. The number of aryl methyl sites for hydroxylation is 1. The fourth-order valence-corrected chi connectivity index (χ4v) is 8.79. The Labute approximate surface area is 388 Å². The molecule has 4 aromatic carbocycles. The van der Waals surface area contributed by atoms with Gasteiger partial charge in [0.05, 0.1) is 43.7 Å². The number of nitrogens with zero attached hydrogens (tertiary/aromatic N) is 3. The molecule has 13 heteroatoms. The lowest BCUT2D eigenvalue weighted by atomic mass is 9.92. The number of carbonyl (C=O) groups is 1. The maximum atomic E-state index is 14.9. The second-order valence-electron chi connectivity index (χ2n) is 17.9. The zero-order chi connectivity index (χ0) is 46.5. The lowest BCUT2D eigenvalue weighted by molar-refractivity contribution is -0.160. The van der Waals surface area contributed by atoms with E-state index < -0.39 is 34.9 Å². The first-order valence-electron chi connectivity index (χ1n) is 22.0. The first-order chi connectivity index (χ1) is 31.0. The zero-order valence-electron chi connectivity index (χ0n) is 38.1. The maximum Gasteiger partial charge on any atom is 0.337 e. The first kappa shape index (κ1) is 47.8. The number of halogens is 3. The third kappa shape index (κ3) is 11.4. The van der Waals surface area contributed by atoms with E-state index in [9.17, 15) is 18.7 Å². The number of pyridine rings is 1. The summed E-state index contributed by atoms with van der Waals surface area (Å²) in [5.41, 5.74) is 5.75. The predicted molar refractivity (Wildman–Crippen MR) is 252 cm³/mol. The van der Waals surface area contributed by atoms with Crippen LogP contribution in [0.25, 0.3) is 28.0 Å². The second kappa shape index (κ2) is 20.6. The summed E-state index contributed by atoms with van der Waals surface area (Å²) in [6.07, 6.45) is -0.0321. The van der Waals surface area contributed by atoms with Crippen LogP contribution in [-0.4, -0.2) is 70.7 Å². The van der Waals surface area contributed by atoms with Gasteiger partial charge in [0, 0.05) is 35.8 Å². The molecular formula is C52H58BrF2N3O7. The first-order valence-corrected chi connectivity index (χ1v) is 22.8. The molecule has 65 heavy (non-hydrogen) atoms. The fourth-order valence-electron chi connectivity index (χ4n) is 8.14. The Bertz CT molecular complexity index is 2590. The number of anilines is 1. The SMILES string of the molecule is Cc1c([C@H](OC(C)(C)C)C(=O)O)c(N2CCC(C)(OCCOC[C@@H](C)OCc3ccccc3)CC2)n2c(Br)c(-c3cccc(-c4cc(F)c(F)cc4OCc4ccccc4)c3)nc2c1C. The molecule has 0 unspecified atom stereocenters. The minimum atomic E-state index is -1.29. The molecule has 0 spiro atoms. The number of rotatable bonds is 18. The summed E-state index contributed by atoms with van der Waals surface area (Å²) >= 11 is 3.92. The molecule has 0 bridgehead atoms. The summed E-state index contributed by atoms with van der Waals surface area (Å²) in [4.78, 5) is 20.6.